The Bertz CT molecular complexity index is 729. The topological polar surface area (TPSA) is 57.3 Å². The number of epoxide rings is 1. The van der Waals surface area contributed by atoms with Crippen molar-refractivity contribution in [2.24, 2.45) is 0 Å². The Labute approximate surface area is 234 Å². The molecule has 0 spiro atoms. The molecule has 220 valence electrons. The highest BCUT2D eigenvalue weighted by molar-refractivity contribution is 6.73. The van der Waals surface area contributed by atoms with Gasteiger partial charge in [-0.1, -0.05) is 91.2 Å². The van der Waals surface area contributed by atoms with Crippen molar-refractivity contribution in [1.82, 2.24) is 0 Å². The van der Waals surface area contributed by atoms with E-state index in [2.05, 4.69) is 39.8 Å². The Kier molecular flexibility index (Phi) is 12.9. The Morgan fingerprint density at radius 1 is 0.816 bits per heavy atom. The summed E-state index contributed by atoms with van der Waals surface area (Å²) >= 11 is 0. The van der Waals surface area contributed by atoms with Crippen molar-refractivity contribution in [3.8, 4) is 0 Å². The number of ether oxygens (including phenoxy) is 3. The molecule has 2 aliphatic heterocycles. The summed E-state index contributed by atoms with van der Waals surface area (Å²) in [6, 6.07) is 3.32. The molecule has 1 saturated carbocycles. The number of carbonyl (C=O) groups is 1. The fraction of sp³-hybridized carbons (Fsp3) is 0.906. The summed E-state index contributed by atoms with van der Waals surface area (Å²) in [5, 5.41) is 0. The molecule has 3 rings (SSSR count). The minimum absolute atomic E-state index is 0.0328. The lowest BCUT2D eigenvalue weighted by Gasteiger charge is -2.48. The molecule has 0 unspecified atom stereocenters. The van der Waals surface area contributed by atoms with Gasteiger partial charge in [0.2, 0.25) is 0 Å². The zero-order chi connectivity index (χ0) is 27.5. The van der Waals surface area contributed by atoms with Gasteiger partial charge in [0.15, 0.2) is 20.2 Å². The summed E-state index contributed by atoms with van der Waals surface area (Å²) in [4.78, 5) is 12.6. The van der Waals surface area contributed by atoms with Gasteiger partial charge in [0.05, 0.1) is 0 Å². The molecule has 38 heavy (non-hydrogen) atoms. The molecule has 5 atom stereocenters. The van der Waals surface area contributed by atoms with E-state index in [1.807, 2.05) is 6.92 Å². The van der Waals surface area contributed by atoms with Crippen LogP contribution in [0.3, 0.4) is 0 Å². The molecule has 3 fully saturated rings. The third kappa shape index (κ3) is 8.41. The van der Waals surface area contributed by atoms with Crippen LogP contribution in [0.4, 0.5) is 0 Å². The van der Waals surface area contributed by atoms with Gasteiger partial charge in [-0.3, -0.25) is 0 Å². The van der Waals surface area contributed by atoms with Crippen LogP contribution >= 0.6 is 0 Å². The van der Waals surface area contributed by atoms with Crippen LogP contribution in [0.2, 0.25) is 18.1 Å². The molecule has 0 N–H and O–H groups in total. The van der Waals surface area contributed by atoms with Gasteiger partial charge in [-0.15, -0.1) is 0 Å². The second-order valence-electron chi connectivity index (χ2n) is 12.3. The first kappa shape index (κ1) is 31.8. The van der Waals surface area contributed by atoms with Gasteiger partial charge in [-0.05, 0) is 63.6 Å². The van der Waals surface area contributed by atoms with E-state index in [-0.39, 0.29) is 18.2 Å². The Hall–Kier alpha value is -0.693. The number of esters is 1. The number of fused-ring (bicyclic) bond motifs is 2. The lowest BCUT2D eigenvalue weighted by Crippen LogP contribution is -2.61. The summed E-state index contributed by atoms with van der Waals surface area (Å²) in [5.41, 5.74) is -0.546. The molecule has 3 aliphatic rings. The highest BCUT2D eigenvalue weighted by Gasteiger charge is 2.71. The number of allylic oxidation sites excluding steroid dienone is 2. The fourth-order valence-electron chi connectivity index (χ4n) is 6.61. The number of hydrogen-bond acceptors (Lipinski definition) is 5. The maximum atomic E-state index is 12.6. The Morgan fingerprint density at radius 2 is 1.39 bits per heavy atom. The molecule has 5 nitrogen and oxygen atoms in total. The van der Waals surface area contributed by atoms with Crippen LogP contribution in [-0.2, 0) is 23.4 Å². The Morgan fingerprint density at radius 3 is 2.00 bits per heavy atom. The van der Waals surface area contributed by atoms with Crippen molar-refractivity contribution >= 4 is 14.3 Å². The second kappa shape index (κ2) is 15.3. The van der Waals surface area contributed by atoms with Gasteiger partial charge in [0, 0.05) is 12.8 Å². The molecule has 0 radical (unpaired) electrons. The van der Waals surface area contributed by atoms with E-state index < -0.39 is 25.8 Å². The van der Waals surface area contributed by atoms with E-state index in [9.17, 15) is 4.79 Å². The van der Waals surface area contributed by atoms with Crippen LogP contribution in [0.1, 0.15) is 137 Å². The van der Waals surface area contributed by atoms with Gasteiger partial charge < -0.3 is 18.6 Å². The molecule has 0 aromatic carbocycles. The van der Waals surface area contributed by atoms with Crippen molar-refractivity contribution in [1.29, 1.82) is 0 Å². The third-order valence-electron chi connectivity index (χ3n) is 9.55. The summed E-state index contributed by atoms with van der Waals surface area (Å²) in [6.45, 7) is 10.9. The van der Waals surface area contributed by atoms with Crippen LogP contribution in [0, 0.1) is 0 Å². The molecular formula is C32H58O5Si. The zero-order valence-electron chi connectivity index (χ0n) is 25.4. The summed E-state index contributed by atoms with van der Waals surface area (Å²) < 4.78 is 25.6. The van der Waals surface area contributed by atoms with Crippen LogP contribution < -0.4 is 0 Å². The normalized spacial score (nSPS) is 30.8. The number of carbonyl (C=O) groups excluding carboxylic acids is 1. The minimum Gasteiger partial charge on any atom is -0.454 e. The SMILES string of the molecule is CCCCCC/C=C\CCCCCCCCC[C@@]12C[C@@H]3O[C@]3(O[Si](CC)(CC)CC)C[C@H]1O[C@@H](C)C(=O)O2. The van der Waals surface area contributed by atoms with Crippen molar-refractivity contribution < 1.29 is 23.4 Å². The van der Waals surface area contributed by atoms with Crippen LogP contribution in [0.5, 0.6) is 0 Å². The molecule has 1 aliphatic carbocycles. The molecular weight excluding hydrogens is 492 g/mol. The first-order valence-corrected chi connectivity index (χ1v) is 18.8. The maximum absolute atomic E-state index is 12.6. The first-order valence-electron chi connectivity index (χ1n) is 16.3. The maximum Gasteiger partial charge on any atom is 0.335 e. The largest absolute Gasteiger partial charge is 0.454 e. The lowest BCUT2D eigenvalue weighted by atomic mass is 9.76. The summed E-state index contributed by atoms with van der Waals surface area (Å²) in [6.07, 6.45) is 23.1. The summed E-state index contributed by atoms with van der Waals surface area (Å²) in [7, 11) is -1.80. The molecule has 2 saturated heterocycles. The fourth-order valence-corrected chi connectivity index (χ4v) is 9.54. The lowest BCUT2D eigenvalue weighted by molar-refractivity contribution is -0.242. The molecule has 6 heteroatoms. The molecule has 0 bridgehead atoms. The third-order valence-corrected chi connectivity index (χ3v) is 14.2. The average molecular weight is 551 g/mol. The quantitative estimate of drug-likeness (QED) is 0.0497. The van der Waals surface area contributed by atoms with E-state index in [0.717, 1.165) is 31.0 Å². The monoisotopic (exact) mass is 550 g/mol. The van der Waals surface area contributed by atoms with Gasteiger partial charge in [-0.25, -0.2) is 4.79 Å². The van der Waals surface area contributed by atoms with Crippen LogP contribution in [0.15, 0.2) is 12.2 Å². The highest BCUT2D eigenvalue weighted by Crippen LogP contribution is 2.57. The number of unbranched alkanes of at least 4 members (excludes halogenated alkanes) is 11. The van der Waals surface area contributed by atoms with Gasteiger partial charge in [0.25, 0.3) is 0 Å². The predicted octanol–water partition coefficient (Wildman–Crippen LogP) is 9.00. The zero-order valence-corrected chi connectivity index (χ0v) is 26.4. The van der Waals surface area contributed by atoms with Gasteiger partial charge >= 0.3 is 5.97 Å². The molecule has 0 amide bonds. The molecule has 0 aromatic rings. The number of rotatable bonds is 20. The molecule has 2 heterocycles. The van der Waals surface area contributed by atoms with Gasteiger partial charge in [-0.2, -0.15) is 0 Å². The van der Waals surface area contributed by atoms with Gasteiger partial charge in [0.1, 0.15) is 17.8 Å². The second-order valence-corrected chi connectivity index (χ2v) is 17.0. The minimum atomic E-state index is -1.80. The first-order chi connectivity index (χ1) is 18.4. The van der Waals surface area contributed by atoms with E-state index in [1.54, 1.807) is 0 Å². The van der Waals surface area contributed by atoms with E-state index in [0.29, 0.717) is 12.8 Å². The van der Waals surface area contributed by atoms with Crippen molar-refractivity contribution in [2.45, 2.75) is 185 Å². The van der Waals surface area contributed by atoms with Crippen LogP contribution in [-0.4, -0.2) is 44.0 Å². The standard InChI is InChI=1S/C32H58O5Si/c1-6-10-11-12-13-14-15-16-17-18-19-20-21-22-23-24-31-25-29-32(35-29,37-38(7-2,8-3)9-4)26-28(31)34-27(5)30(33)36-31/h14-15,27-29H,6-13,16-26H2,1-5H3/b15-14-/t27-,28+,29-,31+,32-/m0/s1. The highest BCUT2D eigenvalue weighted by atomic mass is 28.4. The van der Waals surface area contributed by atoms with Crippen molar-refractivity contribution in [3.63, 3.8) is 0 Å². The van der Waals surface area contributed by atoms with E-state index >= 15 is 0 Å². The van der Waals surface area contributed by atoms with Crippen molar-refractivity contribution in [2.75, 3.05) is 0 Å². The Balaban J connectivity index is 1.37. The number of hydrogen-bond donors (Lipinski definition) is 0. The summed E-state index contributed by atoms with van der Waals surface area (Å²) in [5.74, 6) is -0.722. The van der Waals surface area contributed by atoms with Crippen molar-refractivity contribution in [3.05, 3.63) is 12.2 Å². The van der Waals surface area contributed by atoms with Crippen LogP contribution in [0.25, 0.3) is 0 Å². The van der Waals surface area contributed by atoms with E-state index in [1.165, 1.54) is 77.0 Å². The van der Waals surface area contributed by atoms with E-state index in [4.69, 9.17) is 18.6 Å². The smallest absolute Gasteiger partial charge is 0.335 e. The molecule has 0 aromatic heterocycles. The average Bonchev–Trinajstić information content (AvgIpc) is 3.60. The predicted molar refractivity (Wildman–Crippen MR) is 158 cm³/mol.